The van der Waals surface area contributed by atoms with Gasteiger partial charge in [-0.15, -0.1) is 13.2 Å². The molecule has 4 nitrogen and oxygen atoms in total. The molecule has 2 N–H and O–H groups in total. The SMILES string of the molecule is C=CCC(CC=C)C(=O)NC(CC(=O)O)c1ccc(Cl)c(F)c1. The van der Waals surface area contributed by atoms with Crippen LogP contribution < -0.4 is 5.32 Å². The van der Waals surface area contributed by atoms with Crippen molar-refractivity contribution in [3.8, 4) is 0 Å². The van der Waals surface area contributed by atoms with Crippen molar-refractivity contribution < 1.29 is 19.1 Å². The Balaban J connectivity index is 2.99. The fourth-order valence-electron chi connectivity index (χ4n) is 2.16. The van der Waals surface area contributed by atoms with Gasteiger partial charge in [0.2, 0.25) is 5.91 Å². The van der Waals surface area contributed by atoms with Crippen molar-refractivity contribution in [2.75, 3.05) is 0 Å². The normalized spacial score (nSPS) is 11.8. The highest BCUT2D eigenvalue weighted by Gasteiger charge is 2.23. The molecule has 1 unspecified atom stereocenters. The average Bonchev–Trinajstić information content (AvgIpc) is 2.48. The number of carbonyl (C=O) groups is 2. The first-order chi connectivity index (χ1) is 10.9. The lowest BCUT2D eigenvalue weighted by Crippen LogP contribution is -2.35. The summed E-state index contributed by atoms with van der Waals surface area (Å²) < 4.78 is 13.6. The zero-order chi connectivity index (χ0) is 17.4. The fourth-order valence-corrected chi connectivity index (χ4v) is 2.28. The number of carbonyl (C=O) groups excluding carboxylic acids is 1. The van der Waals surface area contributed by atoms with Crippen LogP contribution in [-0.4, -0.2) is 17.0 Å². The van der Waals surface area contributed by atoms with Gasteiger partial charge >= 0.3 is 5.97 Å². The first kappa shape index (κ1) is 18.9. The third-order valence-electron chi connectivity index (χ3n) is 3.31. The van der Waals surface area contributed by atoms with Crippen LogP contribution in [0.4, 0.5) is 4.39 Å². The number of amides is 1. The van der Waals surface area contributed by atoms with Gasteiger partial charge in [0, 0.05) is 5.92 Å². The molecule has 0 bridgehead atoms. The lowest BCUT2D eigenvalue weighted by molar-refractivity contribution is -0.138. The number of allylic oxidation sites excluding steroid dienone is 2. The molecular weight excluding hydrogens is 321 g/mol. The summed E-state index contributed by atoms with van der Waals surface area (Å²) in [7, 11) is 0. The van der Waals surface area contributed by atoms with Crippen molar-refractivity contribution in [3.05, 3.63) is 59.9 Å². The molecule has 0 fully saturated rings. The fraction of sp³-hybridized carbons (Fsp3) is 0.294. The monoisotopic (exact) mass is 339 g/mol. The van der Waals surface area contributed by atoms with Crippen molar-refractivity contribution >= 4 is 23.5 Å². The molecule has 0 radical (unpaired) electrons. The quantitative estimate of drug-likeness (QED) is 0.671. The largest absolute Gasteiger partial charge is 0.481 e. The van der Waals surface area contributed by atoms with Crippen molar-refractivity contribution in [1.29, 1.82) is 0 Å². The summed E-state index contributed by atoms with van der Waals surface area (Å²) in [5, 5.41) is 11.6. The first-order valence-corrected chi connectivity index (χ1v) is 7.45. The molecule has 0 spiro atoms. The molecule has 6 heteroatoms. The van der Waals surface area contributed by atoms with E-state index >= 15 is 0 Å². The highest BCUT2D eigenvalue weighted by molar-refractivity contribution is 6.30. The highest BCUT2D eigenvalue weighted by Crippen LogP contribution is 2.23. The Hall–Kier alpha value is -2.14. The molecule has 0 aliphatic heterocycles. The molecule has 0 saturated carbocycles. The Labute approximate surface area is 139 Å². The molecule has 0 heterocycles. The molecule has 1 rings (SSSR count). The van der Waals surface area contributed by atoms with E-state index in [0.717, 1.165) is 6.07 Å². The van der Waals surface area contributed by atoms with Crippen LogP contribution in [0.15, 0.2) is 43.5 Å². The van der Waals surface area contributed by atoms with E-state index in [1.54, 1.807) is 12.2 Å². The van der Waals surface area contributed by atoms with Gasteiger partial charge in [-0.2, -0.15) is 0 Å². The third-order valence-corrected chi connectivity index (χ3v) is 3.62. The van der Waals surface area contributed by atoms with Crippen LogP contribution in [0.5, 0.6) is 0 Å². The molecule has 1 aromatic carbocycles. The summed E-state index contributed by atoms with van der Waals surface area (Å²) in [6.45, 7) is 7.20. The maximum Gasteiger partial charge on any atom is 0.305 e. The number of benzene rings is 1. The Kier molecular flexibility index (Phi) is 7.48. The van der Waals surface area contributed by atoms with Gasteiger partial charge in [-0.05, 0) is 30.5 Å². The van der Waals surface area contributed by atoms with E-state index < -0.39 is 23.7 Å². The maximum absolute atomic E-state index is 13.6. The zero-order valence-corrected chi connectivity index (χ0v) is 13.4. The van der Waals surface area contributed by atoms with E-state index in [0.29, 0.717) is 18.4 Å². The van der Waals surface area contributed by atoms with Crippen LogP contribution in [-0.2, 0) is 9.59 Å². The molecule has 124 valence electrons. The van der Waals surface area contributed by atoms with Gasteiger partial charge in [0.25, 0.3) is 0 Å². The van der Waals surface area contributed by atoms with Gasteiger partial charge in [0.15, 0.2) is 0 Å². The Morgan fingerprint density at radius 3 is 2.39 bits per heavy atom. The summed E-state index contributed by atoms with van der Waals surface area (Å²) in [5.74, 6) is -2.48. The number of hydrogen-bond acceptors (Lipinski definition) is 2. The molecule has 0 aliphatic carbocycles. The predicted molar refractivity (Wildman–Crippen MR) is 87.7 cm³/mol. The number of halogens is 2. The average molecular weight is 340 g/mol. The first-order valence-electron chi connectivity index (χ1n) is 7.08. The second kappa shape index (κ2) is 9.10. The second-order valence-corrected chi connectivity index (χ2v) is 5.49. The topological polar surface area (TPSA) is 66.4 Å². The molecule has 1 aromatic rings. The second-order valence-electron chi connectivity index (χ2n) is 5.08. The highest BCUT2D eigenvalue weighted by atomic mass is 35.5. The smallest absolute Gasteiger partial charge is 0.305 e. The van der Waals surface area contributed by atoms with Crippen LogP contribution in [0.25, 0.3) is 0 Å². The van der Waals surface area contributed by atoms with Crippen molar-refractivity contribution in [2.24, 2.45) is 5.92 Å². The summed E-state index contributed by atoms with van der Waals surface area (Å²) in [5.41, 5.74) is 0.346. The van der Waals surface area contributed by atoms with E-state index in [1.165, 1.54) is 12.1 Å². The van der Waals surface area contributed by atoms with Gasteiger partial charge < -0.3 is 10.4 Å². The van der Waals surface area contributed by atoms with Crippen LogP contribution in [0.3, 0.4) is 0 Å². The molecular formula is C17H19ClFNO3. The van der Waals surface area contributed by atoms with Gasteiger partial charge in [-0.25, -0.2) is 4.39 Å². The van der Waals surface area contributed by atoms with E-state index in [1.807, 2.05) is 0 Å². The van der Waals surface area contributed by atoms with Crippen LogP contribution in [0.2, 0.25) is 5.02 Å². The van der Waals surface area contributed by atoms with Gasteiger partial charge in [0.05, 0.1) is 17.5 Å². The Bertz CT molecular complexity index is 594. The summed E-state index contributed by atoms with van der Waals surface area (Å²) in [6, 6.07) is 3.11. The summed E-state index contributed by atoms with van der Waals surface area (Å²) >= 11 is 5.63. The van der Waals surface area contributed by atoms with Gasteiger partial charge in [0.1, 0.15) is 5.82 Å². The minimum absolute atomic E-state index is 0.0645. The van der Waals surface area contributed by atoms with Crippen LogP contribution >= 0.6 is 11.6 Å². The minimum Gasteiger partial charge on any atom is -0.481 e. The van der Waals surface area contributed by atoms with E-state index in [9.17, 15) is 14.0 Å². The predicted octanol–water partition coefficient (Wildman–Crippen LogP) is 3.88. The van der Waals surface area contributed by atoms with Crippen LogP contribution in [0, 0.1) is 11.7 Å². The number of carboxylic acids is 1. The number of aliphatic carboxylic acids is 1. The zero-order valence-electron chi connectivity index (χ0n) is 12.6. The standard InChI is InChI=1S/C17H19ClFNO3/c1-3-5-11(6-4-2)17(23)20-15(10-16(21)22)12-7-8-13(18)14(19)9-12/h3-4,7-9,11,15H,1-2,5-6,10H2,(H,20,23)(H,21,22). The maximum atomic E-state index is 13.6. The van der Waals surface area contributed by atoms with Crippen molar-refractivity contribution in [1.82, 2.24) is 5.32 Å². The Morgan fingerprint density at radius 2 is 1.91 bits per heavy atom. The minimum atomic E-state index is -1.10. The Morgan fingerprint density at radius 1 is 1.30 bits per heavy atom. The summed E-state index contributed by atoms with van der Waals surface area (Å²) in [4.78, 5) is 23.4. The lowest BCUT2D eigenvalue weighted by atomic mass is 9.98. The molecule has 1 atom stereocenters. The van der Waals surface area contributed by atoms with Gasteiger partial charge in [-0.3, -0.25) is 9.59 Å². The number of rotatable bonds is 9. The molecule has 23 heavy (non-hydrogen) atoms. The molecule has 1 amide bonds. The molecule has 0 saturated heterocycles. The summed E-state index contributed by atoms with van der Waals surface area (Å²) in [6.07, 6.45) is 3.74. The molecule has 0 aliphatic rings. The van der Waals surface area contributed by atoms with Crippen LogP contribution in [0.1, 0.15) is 30.9 Å². The molecule has 0 aromatic heterocycles. The number of nitrogens with one attached hydrogen (secondary N) is 1. The number of hydrogen-bond donors (Lipinski definition) is 2. The van der Waals surface area contributed by atoms with Gasteiger partial charge in [-0.1, -0.05) is 29.8 Å². The van der Waals surface area contributed by atoms with E-state index in [2.05, 4.69) is 18.5 Å². The third kappa shape index (κ3) is 5.87. The van der Waals surface area contributed by atoms with Crippen molar-refractivity contribution in [3.63, 3.8) is 0 Å². The van der Waals surface area contributed by atoms with E-state index in [4.69, 9.17) is 16.7 Å². The number of carboxylic acid groups (broad SMARTS) is 1. The lowest BCUT2D eigenvalue weighted by Gasteiger charge is -2.21. The van der Waals surface area contributed by atoms with E-state index in [-0.39, 0.29) is 17.4 Å². The van der Waals surface area contributed by atoms with Crippen molar-refractivity contribution in [2.45, 2.75) is 25.3 Å².